The number of Topliss-reactive ketones (excluding diaryl/α,β-unsaturated/α-hetero) is 1. The number of likely N-dealkylation sites (tertiary alicyclic amines) is 1. The van der Waals surface area contributed by atoms with Crippen molar-refractivity contribution in [1.29, 1.82) is 0 Å². The fourth-order valence-electron chi connectivity index (χ4n) is 6.04. The predicted molar refractivity (Wildman–Crippen MR) is 158 cm³/mol. The molecule has 2 fully saturated rings. The summed E-state index contributed by atoms with van der Waals surface area (Å²) >= 11 is 0. The second-order valence-corrected chi connectivity index (χ2v) is 11.3. The third-order valence-electron chi connectivity index (χ3n) is 8.61. The summed E-state index contributed by atoms with van der Waals surface area (Å²) < 4.78 is 59.9. The minimum atomic E-state index is -4.47. The molecule has 0 saturated carbocycles. The molecule has 0 radical (unpaired) electrons. The quantitative estimate of drug-likeness (QED) is 0.236. The predicted octanol–water partition coefficient (Wildman–Crippen LogP) is 6.13. The molecular weight excluding hydrogens is 562 g/mol. The van der Waals surface area contributed by atoms with Gasteiger partial charge in [0.05, 0.1) is 29.5 Å². The van der Waals surface area contributed by atoms with Gasteiger partial charge in [0.15, 0.2) is 5.78 Å². The number of ether oxygens (including phenoxy) is 1. The van der Waals surface area contributed by atoms with E-state index >= 15 is 4.39 Å². The van der Waals surface area contributed by atoms with Gasteiger partial charge in [-0.2, -0.15) is 13.2 Å². The van der Waals surface area contributed by atoms with E-state index in [1.54, 1.807) is 19.2 Å². The second kappa shape index (κ2) is 12.9. The number of hydrogen-bond donors (Lipinski definition) is 1. The standard InChI is InChI=1S/C33H37F4N3O3/c1-43-31-10-3-2-8-29(31)40-20-18-39(19-21-40)26-11-12-27(28(34)23-26)30(41)9-5-15-38-16-13-32(42,14-17-38)24-6-4-7-25(22-24)33(35,36)37/h2-4,6-8,10-12,22-23,42H,5,9,13-21H2,1H3. The zero-order valence-corrected chi connectivity index (χ0v) is 24.2. The number of alkyl halides is 3. The smallest absolute Gasteiger partial charge is 0.416 e. The number of piperazine rings is 1. The first kappa shape index (κ1) is 30.8. The van der Waals surface area contributed by atoms with E-state index in [0.717, 1.165) is 42.3 Å². The van der Waals surface area contributed by atoms with Crippen LogP contribution < -0.4 is 14.5 Å². The van der Waals surface area contributed by atoms with Gasteiger partial charge in [0, 0.05) is 51.4 Å². The highest BCUT2D eigenvalue weighted by Crippen LogP contribution is 2.37. The molecule has 230 valence electrons. The molecule has 2 aliphatic heterocycles. The van der Waals surface area contributed by atoms with E-state index in [1.807, 2.05) is 24.3 Å². The van der Waals surface area contributed by atoms with E-state index in [1.165, 1.54) is 18.2 Å². The van der Waals surface area contributed by atoms with E-state index < -0.39 is 23.2 Å². The molecule has 6 nitrogen and oxygen atoms in total. The Bertz CT molecular complexity index is 1410. The average Bonchev–Trinajstić information content (AvgIpc) is 3.01. The lowest BCUT2D eigenvalue weighted by Crippen LogP contribution is -2.46. The third kappa shape index (κ3) is 7.13. The maximum atomic E-state index is 15.0. The Morgan fingerprint density at radius 3 is 2.28 bits per heavy atom. The Morgan fingerprint density at radius 2 is 1.60 bits per heavy atom. The van der Waals surface area contributed by atoms with Crippen molar-refractivity contribution in [2.24, 2.45) is 0 Å². The summed E-state index contributed by atoms with van der Waals surface area (Å²) in [7, 11) is 1.65. The largest absolute Gasteiger partial charge is 0.495 e. The lowest BCUT2D eigenvalue weighted by atomic mass is 9.83. The summed E-state index contributed by atoms with van der Waals surface area (Å²) in [6, 6.07) is 17.6. The Labute approximate surface area is 249 Å². The minimum absolute atomic E-state index is 0.0778. The number of piperidine rings is 1. The van der Waals surface area contributed by atoms with Gasteiger partial charge < -0.3 is 24.5 Å². The molecular formula is C33H37F4N3O3. The van der Waals surface area contributed by atoms with E-state index in [2.05, 4.69) is 14.7 Å². The van der Waals surface area contributed by atoms with Gasteiger partial charge in [0.2, 0.25) is 0 Å². The normalized spacial score (nSPS) is 17.6. The van der Waals surface area contributed by atoms with Crippen molar-refractivity contribution in [3.8, 4) is 5.75 Å². The van der Waals surface area contributed by atoms with E-state index in [-0.39, 0.29) is 23.3 Å². The van der Waals surface area contributed by atoms with E-state index in [4.69, 9.17) is 4.74 Å². The van der Waals surface area contributed by atoms with Crippen molar-refractivity contribution in [3.63, 3.8) is 0 Å². The number of aliphatic hydroxyl groups is 1. The first-order valence-electron chi connectivity index (χ1n) is 14.7. The van der Waals surface area contributed by atoms with Crippen LogP contribution in [0, 0.1) is 5.82 Å². The number of hydrogen-bond acceptors (Lipinski definition) is 6. The molecule has 3 aromatic rings. The molecule has 2 saturated heterocycles. The molecule has 2 heterocycles. The number of anilines is 2. The van der Waals surface area contributed by atoms with Crippen molar-refractivity contribution in [2.75, 3.05) is 62.7 Å². The number of para-hydroxylation sites is 2. The Balaban J connectivity index is 1.09. The first-order valence-corrected chi connectivity index (χ1v) is 14.7. The number of nitrogens with zero attached hydrogens (tertiary/aromatic N) is 3. The van der Waals surface area contributed by atoms with Crippen molar-refractivity contribution in [3.05, 3.63) is 89.2 Å². The zero-order valence-electron chi connectivity index (χ0n) is 24.2. The highest BCUT2D eigenvalue weighted by molar-refractivity contribution is 5.96. The molecule has 0 aliphatic carbocycles. The third-order valence-corrected chi connectivity index (χ3v) is 8.61. The Hall–Kier alpha value is -3.63. The molecule has 2 aliphatic rings. The van der Waals surface area contributed by atoms with Gasteiger partial charge in [-0.25, -0.2) is 4.39 Å². The number of rotatable bonds is 9. The van der Waals surface area contributed by atoms with Gasteiger partial charge in [-0.3, -0.25) is 4.79 Å². The summed E-state index contributed by atoms with van der Waals surface area (Å²) in [4.78, 5) is 19.3. The van der Waals surface area contributed by atoms with Crippen LogP contribution in [-0.4, -0.2) is 68.7 Å². The van der Waals surface area contributed by atoms with E-state index in [9.17, 15) is 23.1 Å². The molecule has 10 heteroatoms. The Kier molecular flexibility index (Phi) is 9.27. The maximum Gasteiger partial charge on any atom is 0.416 e. The van der Waals surface area contributed by atoms with Crippen LogP contribution >= 0.6 is 0 Å². The molecule has 0 aromatic heterocycles. The van der Waals surface area contributed by atoms with Gasteiger partial charge in [-0.1, -0.05) is 24.3 Å². The van der Waals surface area contributed by atoms with Crippen molar-refractivity contribution >= 4 is 17.2 Å². The highest BCUT2D eigenvalue weighted by atomic mass is 19.4. The summed E-state index contributed by atoms with van der Waals surface area (Å²) in [5, 5.41) is 11.0. The number of carbonyl (C=O) groups excluding carboxylic acids is 1. The first-order chi connectivity index (χ1) is 20.6. The summed E-state index contributed by atoms with van der Waals surface area (Å²) in [5.41, 5.74) is 0.0390. The van der Waals surface area contributed by atoms with Gasteiger partial charge in [0.25, 0.3) is 0 Å². The van der Waals surface area contributed by atoms with Crippen LogP contribution in [0.5, 0.6) is 5.75 Å². The summed E-state index contributed by atoms with van der Waals surface area (Å²) in [6.45, 7) is 4.52. The van der Waals surface area contributed by atoms with Crippen LogP contribution in [0.4, 0.5) is 28.9 Å². The van der Waals surface area contributed by atoms with Crippen LogP contribution in [0.1, 0.15) is 47.2 Å². The van der Waals surface area contributed by atoms with Gasteiger partial charge >= 0.3 is 6.18 Å². The number of carbonyl (C=O) groups is 1. The number of ketones is 1. The molecule has 3 aromatic carbocycles. The number of benzene rings is 3. The van der Waals surface area contributed by atoms with Crippen LogP contribution in [0.25, 0.3) is 0 Å². The fourth-order valence-corrected chi connectivity index (χ4v) is 6.04. The van der Waals surface area contributed by atoms with Crippen molar-refractivity contribution in [1.82, 2.24) is 4.90 Å². The molecule has 0 bridgehead atoms. The second-order valence-electron chi connectivity index (χ2n) is 11.3. The summed E-state index contributed by atoms with van der Waals surface area (Å²) in [5.74, 6) is 0.0306. The lowest BCUT2D eigenvalue weighted by molar-refractivity contribution is -0.137. The molecule has 0 atom stereocenters. The van der Waals surface area contributed by atoms with Crippen molar-refractivity contribution < 1.29 is 32.2 Å². The van der Waals surface area contributed by atoms with Crippen LogP contribution in [0.15, 0.2) is 66.7 Å². The van der Waals surface area contributed by atoms with Crippen LogP contribution in [0.2, 0.25) is 0 Å². The number of halogens is 4. The molecule has 5 rings (SSSR count). The lowest BCUT2D eigenvalue weighted by Gasteiger charge is -2.38. The summed E-state index contributed by atoms with van der Waals surface area (Å²) in [6.07, 6.45) is -3.17. The molecule has 0 spiro atoms. The van der Waals surface area contributed by atoms with Crippen molar-refractivity contribution in [2.45, 2.75) is 37.5 Å². The van der Waals surface area contributed by atoms with Gasteiger partial charge in [0.1, 0.15) is 11.6 Å². The topological polar surface area (TPSA) is 56.2 Å². The highest BCUT2D eigenvalue weighted by Gasteiger charge is 2.37. The molecule has 0 unspecified atom stereocenters. The minimum Gasteiger partial charge on any atom is -0.495 e. The van der Waals surface area contributed by atoms with Gasteiger partial charge in [-0.05, 0) is 73.8 Å². The molecule has 1 N–H and O–H groups in total. The maximum absolute atomic E-state index is 15.0. The monoisotopic (exact) mass is 599 g/mol. The number of methoxy groups -OCH3 is 1. The zero-order chi connectivity index (χ0) is 30.6. The average molecular weight is 600 g/mol. The van der Waals surface area contributed by atoms with Crippen LogP contribution in [0.3, 0.4) is 0 Å². The van der Waals surface area contributed by atoms with Crippen LogP contribution in [-0.2, 0) is 11.8 Å². The Morgan fingerprint density at radius 1 is 0.907 bits per heavy atom. The van der Waals surface area contributed by atoms with Gasteiger partial charge in [-0.15, -0.1) is 0 Å². The SMILES string of the molecule is COc1ccccc1N1CCN(c2ccc(C(=O)CCCN3CCC(O)(c4cccc(C(F)(F)F)c4)CC3)c(F)c2)CC1. The van der Waals surface area contributed by atoms with E-state index in [0.29, 0.717) is 52.0 Å². The molecule has 43 heavy (non-hydrogen) atoms. The fraction of sp³-hybridized carbons (Fsp3) is 0.424. The molecule has 0 amide bonds.